The summed E-state index contributed by atoms with van der Waals surface area (Å²) in [5.41, 5.74) is 6.59. The van der Waals surface area contributed by atoms with Crippen molar-refractivity contribution in [3.05, 3.63) is 53.6 Å². The summed E-state index contributed by atoms with van der Waals surface area (Å²) in [6.45, 7) is 1.77. The van der Waals surface area contributed by atoms with Crippen LogP contribution in [0.3, 0.4) is 0 Å². The first-order valence-corrected chi connectivity index (χ1v) is 7.61. The van der Waals surface area contributed by atoms with E-state index in [1.54, 1.807) is 25.1 Å². The number of carbonyl (C=O) groups is 1. The lowest BCUT2D eigenvalue weighted by molar-refractivity contribution is -0.137. The average Bonchev–Trinajstić information content (AvgIpc) is 2.56. The molecule has 1 atom stereocenters. The molecule has 0 spiro atoms. The van der Waals surface area contributed by atoms with Crippen molar-refractivity contribution in [2.75, 3.05) is 18.2 Å². The summed E-state index contributed by atoms with van der Waals surface area (Å²) in [6, 6.07) is 9.72. The van der Waals surface area contributed by atoms with Crippen LogP contribution in [-0.2, 0) is 11.0 Å². The maximum absolute atomic E-state index is 12.6. The highest BCUT2D eigenvalue weighted by Gasteiger charge is 2.30. The smallest absolute Gasteiger partial charge is 0.416 e. The van der Waals surface area contributed by atoms with Crippen LogP contribution in [0, 0.1) is 0 Å². The van der Waals surface area contributed by atoms with Crippen molar-refractivity contribution in [1.29, 1.82) is 0 Å². The number of amides is 1. The van der Waals surface area contributed by atoms with E-state index in [2.05, 4.69) is 5.32 Å². The van der Waals surface area contributed by atoms with Crippen LogP contribution in [0.15, 0.2) is 42.5 Å². The first kappa shape index (κ1) is 21.6. The number of ether oxygens (including phenoxy) is 1. The van der Waals surface area contributed by atoms with E-state index < -0.39 is 11.7 Å². The quantitative estimate of drug-likeness (QED) is 0.719. The van der Waals surface area contributed by atoms with Crippen LogP contribution in [0.4, 0.5) is 24.5 Å². The van der Waals surface area contributed by atoms with Crippen molar-refractivity contribution < 1.29 is 22.7 Å². The van der Waals surface area contributed by atoms with Crippen molar-refractivity contribution in [2.24, 2.45) is 0 Å². The third-order valence-electron chi connectivity index (χ3n) is 3.83. The number of carbonyl (C=O) groups excluding carboxylic acids is 1. The van der Waals surface area contributed by atoms with Gasteiger partial charge < -0.3 is 15.8 Å². The molecule has 0 saturated carbocycles. The fraction of sp³-hybridized carbons (Fsp3) is 0.278. The molecular weight excluding hydrogens is 369 g/mol. The average molecular weight is 389 g/mol. The van der Waals surface area contributed by atoms with Crippen LogP contribution >= 0.6 is 12.4 Å². The van der Waals surface area contributed by atoms with Gasteiger partial charge in [0.05, 0.1) is 24.0 Å². The van der Waals surface area contributed by atoms with Crippen LogP contribution < -0.4 is 15.8 Å². The molecule has 0 aliphatic heterocycles. The van der Waals surface area contributed by atoms with Gasteiger partial charge in [0.25, 0.3) is 0 Å². The van der Waals surface area contributed by atoms with E-state index in [0.29, 0.717) is 22.7 Å². The molecule has 26 heavy (non-hydrogen) atoms. The van der Waals surface area contributed by atoms with Crippen molar-refractivity contribution in [2.45, 2.75) is 25.4 Å². The second-order valence-corrected chi connectivity index (χ2v) is 5.73. The number of alkyl halides is 3. The standard InChI is InChI=1S/C18H19F3N2O2.ClH/c1-11(12-3-5-13(6-4-12)18(19,20)21)9-17(24)23-16-10-14(25-2)7-8-15(16)22;/h3-8,10-11H,9,22H2,1-2H3,(H,23,24);1H. The lowest BCUT2D eigenvalue weighted by atomic mass is 9.96. The van der Waals surface area contributed by atoms with Crippen LogP contribution in [0.2, 0.25) is 0 Å². The Kier molecular flexibility index (Phi) is 7.32. The van der Waals surface area contributed by atoms with Crippen LogP contribution in [0.25, 0.3) is 0 Å². The highest BCUT2D eigenvalue weighted by Crippen LogP contribution is 2.31. The molecule has 2 aromatic carbocycles. The summed E-state index contributed by atoms with van der Waals surface area (Å²) in [6.07, 6.45) is -4.26. The summed E-state index contributed by atoms with van der Waals surface area (Å²) < 4.78 is 42.8. The molecule has 0 saturated heterocycles. The first-order valence-electron chi connectivity index (χ1n) is 7.61. The number of hydrogen-bond donors (Lipinski definition) is 2. The molecule has 4 nitrogen and oxygen atoms in total. The van der Waals surface area contributed by atoms with E-state index >= 15 is 0 Å². The zero-order chi connectivity index (χ0) is 18.6. The molecule has 8 heteroatoms. The number of nitrogens with one attached hydrogen (secondary N) is 1. The molecule has 142 valence electrons. The van der Waals surface area contributed by atoms with Gasteiger partial charge in [-0.1, -0.05) is 19.1 Å². The summed E-state index contributed by atoms with van der Waals surface area (Å²) in [4.78, 5) is 12.2. The van der Waals surface area contributed by atoms with Crippen LogP contribution in [-0.4, -0.2) is 13.0 Å². The molecule has 0 bridgehead atoms. The number of hydrogen-bond acceptors (Lipinski definition) is 3. The highest BCUT2D eigenvalue weighted by atomic mass is 35.5. The summed E-state index contributed by atoms with van der Waals surface area (Å²) in [5, 5.41) is 2.70. The Hall–Kier alpha value is -2.41. The van der Waals surface area contributed by atoms with Gasteiger partial charge in [-0.2, -0.15) is 13.2 Å². The van der Waals surface area contributed by atoms with Crippen molar-refractivity contribution in [3.8, 4) is 5.75 Å². The van der Waals surface area contributed by atoms with E-state index in [1.807, 2.05) is 0 Å². The Morgan fingerprint density at radius 1 is 1.19 bits per heavy atom. The topological polar surface area (TPSA) is 64.3 Å². The van der Waals surface area contributed by atoms with E-state index in [4.69, 9.17) is 10.5 Å². The SMILES string of the molecule is COc1ccc(N)c(NC(=O)CC(C)c2ccc(C(F)(F)F)cc2)c1.Cl. The van der Waals surface area contributed by atoms with E-state index in [-0.39, 0.29) is 30.7 Å². The molecular formula is C18H20ClF3N2O2. The first-order chi connectivity index (χ1) is 11.7. The van der Waals surface area contributed by atoms with Crippen LogP contribution in [0.5, 0.6) is 5.75 Å². The predicted molar refractivity (Wildman–Crippen MR) is 97.8 cm³/mol. The Balaban J connectivity index is 0.00000338. The zero-order valence-corrected chi connectivity index (χ0v) is 15.1. The molecule has 2 rings (SSSR count). The molecule has 0 fully saturated rings. The van der Waals surface area contributed by atoms with Gasteiger partial charge in [-0.25, -0.2) is 0 Å². The monoisotopic (exact) mass is 388 g/mol. The van der Waals surface area contributed by atoms with E-state index in [9.17, 15) is 18.0 Å². The number of nitrogen functional groups attached to an aromatic ring is 1. The number of methoxy groups -OCH3 is 1. The number of anilines is 2. The maximum Gasteiger partial charge on any atom is 0.416 e. The third-order valence-corrected chi connectivity index (χ3v) is 3.83. The Morgan fingerprint density at radius 3 is 2.35 bits per heavy atom. The third kappa shape index (κ3) is 5.56. The Bertz CT molecular complexity index is 749. The van der Waals surface area contributed by atoms with Gasteiger partial charge in [-0.05, 0) is 35.7 Å². The minimum Gasteiger partial charge on any atom is -0.497 e. The molecule has 0 aromatic heterocycles. The van der Waals surface area contributed by atoms with Gasteiger partial charge in [-0.3, -0.25) is 4.79 Å². The van der Waals surface area contributed by atoms with Crippen molar-refractivity contribution >= 4 is 29.7 Å². The second-order valence-electron chi connectivity index (χ2n) is 5.73. The molecule has 3 N–H and O–H groups in total. The van der Waals surface area contributed by atoms with Gasteiger partial charge in [0.2, 0.25) is 5.91 Å². The van der Waals surface area contributed by atoms with Gasteiger partial charge >= 0.3 is 6.18 Å². The summed E-state index contributed by atoms with van der Waals surface area (Å²) >= 11 is 0. The minimum absolute atomic E-state index is 0. The molecule has 0 aliphatic rings. The Labute approximate surface area is 155 Å². The number of rotatable bonds is 5. The largest absolute Gasteiger partial charge is 0.497 e. The molecule has 0 heterocycles. The van der Waals surface area contributed by atoms with E-state index in [1.165, 1.54) is 19.2 Å². The normalized spacial score (nSPS) is 12.0. The van der Waals surface area contributed by atoms with E-state index in [0.717, 1.165) is 12.1 Å². The van der Waals surface area contributed by atoms with Gasteiger partial charge in [-0.15, -0.1) is 12.4 Å². The molecule has 1 amide bonds. The predicted octanol–water partition coefficient (Wildman–Crippen LogP) is 4.85. The molecule has 2 aromatic rings. The number of benzene rings is 2. The fourth-order valence-electron chi connectivity index (χ4n) is 2.37. The van der Waals surface area contributed by atoms with Crippen molar-refractivity contribution in [3.63, 3.8) is 0 Å². The van der Waals surface area contributed by atoms with Crippen LogP contribution in [0.1, 0.15) is 30.4 Å². The Morgan fingerprint density at radius 2 is 1.81 bits per heavy atom. The minimum atomic E-state index is -4.37. The number of nitrogens with two attached hydrogens (primary N) is 1. The molecule has 0 radical (unpaired) electrons. The lowest BCUT2D eigenvalue weighted by Crippen LogP contribution is -2.15. The molecule has 1 unspecified atom stereocenters. The highest BCUT2D eigenvalue weighted by molar-refractivity contribution is 5.94. The lowest BCUT2D eigenvalue weighted by Gasteiger charge is -2.15. The van der Waals surface area contributed by atoms with Crippen molar-refractivity contribution in [1.82, 2.24) is 0 Å². The fourth-order valence-corrected chi connectivity index (χ4v) is 2.37. The van der Waals surface area contributed by atoms with Gasteiger partial charge in [0.15, 0.2) is 0 Å². The van der Waals surface area contributed by atoms with Gasteiger partial charge in [0, 0.05) is 12.5 Å². The van der Waals surface area contributed by atoms with Gasteiger partial charge in [0.1, 0.15) is 5.75 Å². The zero-order valence-electron chi connectivity index (χ0n) is 14.3. The second kappa shape index (κ2) is 8.80. The summed E-state index contributed by atoms with van der Waals surface area (Å²) in [7, 11) is 1.50. The summed E-state index contributed by atoms with van der Waals surface area (Å²) in [5.74, 6) is 0.0294. The maximum atomic E-state index is 12.6. The molecule has 0 aliphatic carbocycles. The number of halogens is 4.